The first kappa shape index (κ1) is 15.7. The van der Waals surface area contributed by atoms with Crippen LogP contribution in [0, 0.1) is 6.92 Å². The highest BCUT2D eigenvalue weighted by Crippen LogP contribution is 2.34. The van der Waals surface area contributed by atoms with E-state index in [4.69, 9.17) is 4.74 Å². The lowest BCUT2D eigenvalue weighted by molar-refractivity contribution is -0.00501. The molecule has 0 bridgehead atoms. The smallest absolute Gasteiger partial charge is 0.243 e. The second-order valence-electron chi connectivity index (χ2n) is 6.39. The van der Waals surface area contributed by atoms with Gasteiger partial charge in [0.15, 0.2) is 0 Å². The predicted molar refractivity (Wildman–Crippen MR) is 86.9 cm³/mol. The van der Waals surface area contributed by atoms with Crippen molar-refractivity contribution in [3.05, 3.63) is 41.7 Å². The van der Waals surface area contributed by atoms with Crippen molar-refractivity contribution in [1.29, 1.82) is 0 Å². The van der Waals surface area contributed by atoms with E-state index in [0.29, 0.717) is 29.8 Å². The molecule has 8 heteroatoms. The van der Waals surface area contributed by atoms with Gasteiger partial charge in [-0.25, -0.2) is 13.1 Å². The molecule has 24 heavy (non-hydrogen) atoms. The summed E-state index contributed by atoms with van der Waals surface area (Å²) in [5.74, 6) is 0. The van der Waals surface area contributed by atoms with Crippen molar-refractivity contribution < 1.29 is 13.2 Å². The van der Waals surface area contributed by atoms with Crippen LogP contribution in [0.2, 0.25) is 0 Å². The summed E-state index contributed by atoms with van der Waals surface area (Å²) in [5, 5.41) is 8.30. The number of benzene rings is 1. The zero-order valence-electron chi connectivity index (χ0n) is 13.5. The standard InChI is InChI=1S/C16H20N4O3S/c1-12-2-6-14(7-3-12)24(21,22)19-8-9-23-16(11-19)15-10-20(18-17-15)13-4-5-13/h2-3,6-7,10,13,16H,4-5,8-9,11H2,1H3/t16-/m1/s1. The van der Waals surface area contributed by atoms with Gasteiger partial charge in [-0.15, -0.1) is 5.10 Å². The Balaban J connectivity index is 1.54. The van der Waals surface area contributed by atoms with Gasteiger partial charge in [-0.3, -0.25) is 0 Å². The summed E-state index contributed by atoms with van der Waals surface area (Å²) < 4.78 is 34.7. The number of sulfonamides is 1. The normalized spacial score (nSPS) is 22.6. The first-order chi connectivity index (χ1) is 11.5. The van der Waals surface area contributed by atoms with Crippen LogP contribution in [0.1, 0.15) is 36.2 Å². The summed E-state index contributed by atoms with van der Waals surface area (Å²) in [7, 11) is -3.52. The molecule has 2 fully saturated rings. The largest absolute Gasteiger partial charge is 0.369 e. The second kappa shape index (κ2) is 5.94. The van der Waals surface area contributed by atoms with E-state index < -0.39 is 10.0 Å². The summed E-state index contributed by atoms with van der Waals surface area (Å²) in [6, 6.07) is 7.37. The van der Waals surface area contributed by atoms with E-state index in [2.05, 4.69) is 10.3 Å². The minimum Gasteiger partial charge on any atom is -0.369 e. The van der Waals surface area contributed by atoms with Crippen molar-refractivity contribution >= 4 is 10.0 Å². The second-order valence-corrected chi connectivity index (χ2v) is 8.33. The summed E-state index contributed by atoms with van der Waals surface area (Å²) in [4.78, 5) is 0.315. The van der Waals surface area contributed by atoms with E-state index in [1.165, 1.54) is 4.31 Å². The first-order valence-corrected chi connectivity index (χ1v) is 9.58. The summed E-state index contributed by atoms with van der Waals surface area (Å²) >= 11 is 0. The Morgan fingerprint density at radius 1 is 1.21 bits per heavy atom. The number of aromatic nitrogens is 3. The Kier molecular flexibility index (Phi) is 3.90. The lowest BCUT2D eigenvalue weighted by atomic mass is 10.2. The fourth-order valence-corrected chi connectivity index (χ4v) is 4.26. The number of aryl methyl sites for hydroxylation is 1. The van der Waals surface area contributed by atoms with Crippen molar-refractivity contribution in [2.45, 2.75) is 36.8 Å². The third-order valence-electron chi connectivity index (χ3n) is 4.47. The SMILES string of the molecule is Cc1ccc(S(=O)(=O)N2CCO[C@@H](c3cn(C4CC4)nn3)C2)cc1. The molecular weight excluding hydrogens is 328 g/mol. The van der Waals surface area contributed by atoms with Gasteiger partial charge in [-0.05, 0) is 31.9 Å². The third-order valence-corrected chi connectivity index (χ3v) is 6.35. The van der Waals surface area contributed by atoms with Gasteiger partial charge in [0.1, 0.15) is 11.8 Å². The molecule has 7 nitrogen and oxygen atoms in total. The molecule has 1 aromatic heterocycles. The fraction of sp³-hybridized carbons (Fsp3) is 0.500. The van der Waals surface area contributed by atoms with E-state index in [9.17, 15) is 8.42 Å². The third kappa shape index (κ3) is 2.97. The van der Waals surface area contributed by atoms with E-state index in [-0.39, 0.29) is 12.6 Å². The lowest BCUT2D eigenvalue weighted by Crippen LogP contribution is -2.42. The molecule has 1 aliphatic carbocycles. The van der Waals surface area contributed by atoms with Crippen LogP contribution in [0.25, 0.3) is 0 Å². The van der Waals surface area contributed by atoms with Gasteiger partial charge in [0, 0.05) is 13.1 Å². The molecule has 0 unspecified atom stereocenters. The average Bonchev–Trinajstić information content (AvgIpc) is 3.32. The molecule has 1 aliphatic heterocycles. The number of nitrogens with zero attached hydrogens (tertiary/aromatic N) is 4. The maximum atomic E-state index is 12.8. The molecule has 4 rings (SSSR count). The molecule has 0 amide bonds. The zero-order chi connectivity index (χ0) is 16.7. The van der Waals surface area contributed by atoms with Gasteiger partial charge in [-0.2, -0.15) is 4.31 Å². The highest BCUT2D eigenvalue weighted by atomic mass is 32.2. The zero-order valence-corrected chi connectivity index (χ0v) is 14.3. The van der Waals surface area contributed by atoms with Crippen molar-refractivity contribution in [2.75, 3.05) is 19.7 Å². The number of hydrogen-bond donors (Lipinski definition) is 0. The summed E-state index contributed by atoms with van der Waals surface area (Å²) in [6.07, 6.45) is 3.76. The van der Waals surface area contributed by atoms with Crippen LogP contribution >= 0.6 is 0 Å². The van der Waals surface area contributed by atoms with E-state index in [1.54, 1.807) is 12.1 Å². The van der Waals surface area contributed by atoms with Crippen molar-refractivity contribution in [3.8, 4) is 0 Å². The van der Waals surface area contributed by atoms with E-state index in [1.807, 2.05) is 29.9 Å². The van der Waals surface area contributed by atoms with Crippen LogP contribution in [0.3, 0.4) is 0 Å². The quantitative estimate of drug-likeness (QED) is 0.840. The molecule has 1 atom stereocenters. The molecular formula is C16H20N4O3S. The van der Waals surface area contributed by atoms with Crippen molar-refractivity contribution in [3.63, 3.8) is 0 Å². The topological polar surface area (TPSA) is 77.3 Å². The van der Waals surface area contributed by atoms with Crippen LogP contribution in [0.4, 0.5) is 0 Å². The Bertz CT molecular complexity index is 827. The van der Waals surface area contributed by atoms with Gasteiger partial charge in [-0.1, -0.05) is 22.9 Å². The van der Waals surface area contributed by atoms with Crippen LogP contribution in [-0.4, -0.2) is 47.4 Å². The Morgan fingerprint density at radius 3 is 2.67 bits per heavy atom. The molecule has 1 saturated heterocycles. The van der Waals surface area contributed by atoms with Crippen LogP contribution in [0.5, 0.6) is 0 Å². The Labute approximate surface area is 141 Å². The van der Waals surface area contributed by atoms with Gasteiger partial charge >= 0.3 is 0 Å². The van der Waals surface area contributed by atoms with E-state index in [0.717, 1.165) is 18.4 Å². The molecule has 128 valence electrons. The monoisotopic (exact) mass is 348 g/mol. The number of hydrogen-bond acceptors (Lipinski definition) is 5. The fourth-order valence-electron chi connectivity index (χ4n) is 2.84. The summed E-state index contributed by atoms with van der Waals surface area (Å²) in [6.45, 7) is 2.90. The molecule has 1 aromatic carbocycles. The molecule has 2 aliphatic rings. The maximum Gasteiger partial charge on any atom is 0.243 e. The van der Waals surface area contributed by atoms with Crippen LogP contribution in [-0.2, 0) is 14.8 Å². The molecule has 2 heterocycles. The molecule has 0 N–H and O–H groups in total. The van der Waals surface area contributed by atoms with Gasteiger partial charge in [0.25, 0.3) is 0 Å². The molecule has 0 spiro atoms. The highest BCUT2D eigenvalue weighted by molar-refractivity contribution is 7.89. The number of morpholine rings is 1. The molecule has 1 saturated carbocycles. The maximum absolute atomic E-state index is 12.8. The Morgan fingerprint density at radius 2 is 1.96 bits per heavy atom. The van der Waals surface area contributed by atoms with Gasteiger partial charge < -0.3 is 4.74 Å². The van der Waals surface area contributed by atoms with Crippen LogP contribution in [0.15, 0.2) is 35.4 Å². The predicted octanol–water partition coefficient (Wildman–Crippen LogP) is 1.68. The Hall–Kier alpha value is -1.77. The summed E-state index contributed by atoms with van der Waals surface area (Å²) in [5.41, 5.74) is 1.73. The number of rotatable bonds is 4. The first-order valence-electron chi connectivity index (χ1n) is 8.14. The highest BCUT2D eigenvalue weighted by Gasteiger charge is 2.33. The van der Waals surface area contributed by atoms with Crippen LogP contribution < -0.4 is 0 Å². The van der Waals surface area contributed by atoms with Gasteiger partial charge in [0.05, 0.1) is 23.7 Å². The number of ether oxygens (including phenoxy) is 1. The minimum absolute atomic E-state index is 0.263. The van der Waals surface area contributed by atoms with Gasteiger partial charge in [0.2, 0.25) is 10.0 Å². The average molecular weight is 348 g/mol. The molecule has 2 aromatic rings. The van der Waals surface area contributed by atoms with Crippen molar-refractivity contribution in [2.24, 2.45) is 0 Å². The van der Waals surface area contributed by atoms with E-state index >= 15 is 0 Å². The minimum atomic E-state index is -3.52. The van der Waals surface area contributed by atoms with Crippen molar-refractivity contribution in [1.82, 2.24) is 19.3 Å². The molecule has 0 radical (unpaired) electrons. The lowest BCUT2D eigenvalue weighted by Gasteiger charge is -2.31.